The lowest BCUT2D eigenvalue weighted by Crippen LogP contribution is -2.35. The van der Waals surface area contributed by atoms with Gasteiger partial charge in [-0.2, -0.15) is 9.40 Å². The maximum atomic E-state index is 13.5. The zero-order valence-corrected chi connectivity index (χ0v) is 26.5. The molecule has 2 aliphatic rings. The minimum atomic E-state index is -3.61. The van der Waals surface area contributed by atoms with Crippen LogP contribution in [-0.2, 0) is 14.8 Å². The Hall–Kier alpha value is -2.79. The molecule has 5 rings (SSSR count). The number of nitrogens with zero attached hydrogens (tertiary/aromatic N) is 4. The van der Waals surface area contributed by atoms with E-state index in [2.05, 4.69) is 6.92 Å². The first-order valence-electron chi connectivity index (χ1n) is 14.9. The van der Waals surface area contributed by atoms with Crippen molar-refractivity contribution >= 4 is 50.3 Å². The average Bonchev–Trinajstić information content (AvgIpc) is 3.56. The van der Waals surface area contributed by atoms with Gasteiger partial charge in [0.25, 0.3) is 5.91 Å². The van der Waals surface area contributed by atoms with Crippen LogP contribution in [0, 0.1) is 0 Å². The quantitative estimate of drug-likeness (QED) is 0.120. The smallest absolute Gasteiger partial charge is 0.266 e. The first kappa shape index (κ1) is 30.7. The molecule has 10 heteroatoms. The molecular formula is C32H38N4O3S3. The van der Waals surface area contributed by atoms with E-state index in [0.717, 1.165) is 43.4 Å². The van der Waals surface area contributed by atoms with Gasteiger partial charge in [-0.05, 0) is 49.6 Å². The maximum Gasteiger partial charge on any atom is 0.266 e. The molecule has 0 N–H and O–H groups in total. The number of carbonyl (C=O) groups is 1. The highest BCUT2D eigenvalue weighted by molar-refractivity contribution is 8.26. The summed E-state index contributed by atoms with van der Waals surface area (Å²) < 4.78 is 30.8. The second-order valence-corrected chi connectivity index (χ2v) is 14.4. The molecule has 2 fully saturated rings. The van der Waals surface area contributed by atoms with Crippen molar-refractivity contribution in [2.24, 2.45) is 0 Å². The van der Waals surface area contributed by atoms with Crippen molar-refractivity contribution in [2.45, 2.75) is 69.6 Å². The maximum absolute atomic E-state index is 13.5. The lowest BCUT2D eigenvalue weighted by Gasteiger charge is -2.26. The monoisotopic (exact) mass is 622 g/mol. The summed E-state index contributed by atoms with van der Waals surface area (Å²) in [5.41, 5.74) is 2.88. The predicted octanol–water partition coefficient (Wildman–Crippen LogP) is 7.28. The van der Waals surface area contributed by atoms with E-state index in [9.17, 15) is 13.2 Å². The highest BCUT2D eigenvalue weighted by Crippen LogP contribution is 2.36. The van der Waals surface area contributed by atoms with Crippen LogP contribution in [0.1, 0.15) is 70.3 Å². The number of aromatic nitrogens is 2. The minimum absolute atomic E-state index is 0.0848. The summed E-state index contributed by atoms with van der Waals surface area (Å²) in [7, 11) is -3.61. The molecule has 2 aliphatic heterocycles. The van der Waals surface area contributed by atoms with Crippen LogP contribution in [0.3, 0.4) is 0 Å². The Kier molecular flexibility index (Phi) is 10.3. The summed E-state index contributed by atoms with van der Waals surface area (Å²) in [6.07, 6.45) is 13.4. The van der Waals surface area contributed by atoms with E-state index in [0.29, 0.717) is 40.1 Å². The van der Waals surface area contributed by atoms with E-state index in [1.165, 1.54) is 37.4 Å². The van der Waals surface area contributed by atoms with Gasteiger partial charge in [0, 0.05) is 37.0 Å². The van der Waals surface area contributed by atoms with E-state index in [-0.39, 0.29) is 10.8 Å². The third-order valence-electron chi connectivity index (χ3n) is 7.72. The number of hydrogen-bond acceptors (Lipinski definition) is 6. The summed E-state index contributed by atoms with van der Waals surface area (Å²) in [5, 5.41) is 4.87. The molecule has 0 radical (unpaired) electrons. The van der Waals surface area contributed by atoms with Crippen LogP contribution >= 0.6 is 24.0 Å². The molecule has 222 valence electrons. The first-order chi connectivity index (χ1) is 20.4. The number of piperidine rings is 1. The van der Waals surface area contributed by atoms with Gasteiger partial charge < -0.3 is 0 Å². The van der Waals surface area contributed by atoms with Crippen LogP contribution in [0.15, 0.2) is 70.6 Å². The largest absolute Gasteiger partial charge is 0.293 e. The summed E-state index contributed by atoms with van der Waals surface area (Å²) in [5.74, 6) is -0.0848. The lowest BCUT2D eigenvalue weighted by molar-refractivity contribution is -0.122. The molecule has 1 aromatic heterocycles. The van der Waals surface area contributed by atoms with Gasteiger partial charge in [0.05, 0.1) is 15.5 Å². The standard InChI is InChI=1S/C32H38N4O3S3/c1-2-3-4-5-6-13-21-35-31(37)29(41-32(35)40)23-26-24-36(27-16-9-7-10-17-27)33-30(26)25-15-14-18-28(22-25)42(38,39)34-19-11-8-12-20-34/h7,9-10,14-18,22-24H,2-6,8,11-13,19-21H2,1H3/b29-23-. The fraction of sp³-hybridized carbons (Fsp3) is 0.406. The van der Waals surface area contributed by atoms with Gasteiger partial charge in [-0.3, -0.25) is 9.69 Å². The van der Waals surface area contributed by atoms with Crippen molar-refractivity contribution in [3.8, 4) is 16.9 Å². The van der Waals surface area contributed by atoms with Crippen molar-refractivity contribution in [3.63, 3.8) is 0 Å². The summed E-state index contributed by atoms with van der Waals surface area (Å²) in [6.45, 7) is 3.92. The van der Waals surface area contributed by atoms with Crippen molar-refractivity contribution in [1.29, 1.82) is 0 Å². The van der Waals surface area contributed by atoms with Crippen LogP contribution in [-0.4, -0.2) is 57.3 Å². The Morgan fingerprint density at radius 3 is 2.45 bits per heavy atom. The number of para-hydroxylation sites is 1. The molecule has 7 nitrogen and oxygen atoms in total. The van der Waals surface area contributed by atoms with Crippen molar-refractivity contribution in [1.82, 2.24) is 19.0 Å². The molecular weight excluding hydrogens is 585 g/mol. The molecule has 0 atom stereocenters. The number of rotatable bonds is 12. The second kappa shape index (κ2) is 14.1. The third kappa shape index (κ3) is 7.05. The number of benzene rings is 2. The van der Waals surface area contributed by atoms with Crippen molar-refractivity contribution in [3.05, 3.63) is 71.3 Å². The molecule has 0 saturated carbocycles. The normalized spacial score (nSPS) is 17.5. The average molecular weight is 623 g/mol. The molecule has 1 amide bonds. The number of unbranched alkanes of at least 4 members (excludes halogenated alkanes) is 5. The first-order valence-corrected chi connectivity index (χ1v) is 17.6. The van der Waals surface area contributed by atoms with E-state index < -0.39 is 10.0 Å². The number of hydrogen-bond donors (Lipinski definition) is 0. The highest BCUT2D eigenvalue weighted by Gasteiger charge is 2.32. The molecule has 2 saturated heterocycles. The Labute approximate surface area is 259 Å². The van der Waals surface area contributed by atoms with Gasteiger partial charge >= 0.3 is 0 Å². The Bertz CT molecular complexity index is 1540. The number of sulfonamides is 1. The van der Waals surface area contributed by atoms with Gasteiger partial charge in [0.1, 0.15) is 10.0 Å². The summed E-state index contributed by atoms with van der Waals surface area (Å²) in [6, 6.07) is 16.7. The van der Waals surface area contributed by atoms with E-state index in [1.54, 1.807) is 32.1 Å². The third-order valence-corrected chi connectivity index (χ3v) is 11.0. The number of thiocarbonyl (C=S) groups is 1. The molecule has 3 heterocycles. The van der Waals surface area contributed by atoms with Crippen LogP contribution < -0.4 is 0 Å². The van der Waals surface area contributed by atoms with Crippen LogP contribution in [0.25, 0.3) is 23.0 Å². The molecule has 3 aromatic rings. The van der Waals surface area contributed by atoms with Gasteiger partial charge in [0.15, 0.2) is 0 Å². The van der Waals surface area contributed by atoms with Crippen LogP contribution in [0.2, 0.25) is 0 Å². The predicted molar refractivity (Wildman–Crippen MR) is 175 cm³/mol. The summed E-state index contributed by atoms with van der Waals surface area (Å²) >= 11 is 6.91. The SMILES string of the molecule is CCCCCCCCN1C(=O)/C(=C/c2cn(-c3ccccc3)nc2-c2cccc(S(=O)(=O)N3CCCCC3)c2)SC1=S. The Morgan fingerprint density at radius 2 is 1.69 bits per heavy atom. The van der Waals surface area contributed by atoms with Crippen LogP contribution in [0.5, 0.6) is 0 Å². The van der Waals surface area contributed by atoms with Crippen molar-refractivity contribution < 1.29 is 13.2 Å². The lowest BCUT2D eigenvalue weighted by atomic mass is 10.1. The molecule has 0 aliphatic carbocycles. The molecule has 0 unspecified atom stereocenters. The Morgan fingerprint density at radius 1 is 0.952 bits per heavy atom. The number of carbonyl (C=O) groups excluding carboxylic acids is 1. The van der Waals surface area contributed by atoms with E-state index in [4.69, 9.17) is 17.3 Å². The molecule has 0 bridgehead atoms. The zero-order valence-electron chi connectivity index (χ0n) is 24.1. The zero-order chi connectivity index (χ0) is 29.5. The van der Waals surface area contributed by atoms with Gasteiger partial charge in [-0.15, -0.1) is 0 Å². The topological polar surface area (TPSA) is 75.5 Å². The Balaban J connectivity index is 1.45. The molecule has 42 heavy (non-hydrogen) atoms. The number of amides is 1. The second-order valence-electron chi connectivity index (χ2n) is 10.8. The number of thioether (sulfide) groups is 1. The van der Waals surface area contributed by atoms with E-state index >= 15 is 0 Å². The van der Waals surface area contributed by atoms with Gasteiger partial charge in [-0.25, -0.2) is 13.1 Å². The summed E-state index contributed by atoms with van der Waals surface area (Å²) in [4.78, 5) is 15.9. The molecule has 2 aromatic carbocycles. The molecule has 0 spiro atoms. The van der Waals surface area contributed by atoms with Crippen molar-refractivity contribution in [2.75, 3.05) is 19.6 Å². The minimum Gasteiger partial charge on any atom is -0.293 e. The fourth-order valence-corrected chi connectivity index (χ4v) is 8.24. The van der Waals surface area contributed by atoms with E-state index in [1.807, 2.05) is 48.7 Å². The van der Waals surface area contributed by atoms with Gasteiger partial charge in [0.2, 0.25) is 10.0 Å². The highest BCUT2D eigenvalue weighted by atomic mass is 32.2. The van der Waals surface area contributed by atoms with Crippen LogP contribution in [0.4, 0.5) is 0 Å². The fourth-order valence-electron chi connectivity index (χ4n) is 5.37. The van der Waals surface area contributed by atoms with Gasteiger partial charge in [-0.1, -0.05) is 99.8 Å².